The second kappa shape index (κ2) is 8.06. The maximum absolute atomic E-state index is 5.86. The highest BCUT2D eigenvalue weighted by atomic mass is 16.5. The van der Waals surface area contributed by atoms with Gasteiger partial charge in [0.05, 0.1) is 6.61 Å². The first-order valence-electron chi connectivity index (χ1n) is 7.10. The second-order valence-corrected chi connectivity index (χ2v) is 5.78. The molecule has 0 aromatic carbocycles. The van der Waals surface area contributed by atoms with Crippen LogP contribution in [0.1, 0.15) is 39.5 Å². The summed E-state index contributed by atoms with van der Waals surface area (Å²) in [6.45, 7) is 8.54. The molecular formula is C14H30N2O. The van der Waals surface area contributed by atoms with E-state index in [0.717, 1.165) is 31.7 Å². The van der Waals surface area contributed by atoms with Crippen LogP contribution in [0.25, 0.3) is 0 Å². The highest BCUT2D eigenvalue weighted by Crippen LogP contribution is 2.27. The van der Waals surface area contributed by atoms with E-state index >= 15 is 0 Å². The van der Waals surface area contributed by atoms with E-state index in [4.69, 9.17) is 10.5 Å². The van der Waals surface area contributed by atoms with Gasteiger partial charge in [0.1, 0.15) is 0 Å². The van der Waals surface area contributed by atoms with Crippen LogP contribution >= 0.6 is 0 Å². The maximum Gasteiger partial charge on any atom is 0.0589 e. The number of methoxy groups -OCH3 is 1. The molecule has 17 heavy (non-hydrogen) atoms. The number of rotatable bonds is 10. The zero-order valence-corrected chi connectivity index (χ0v) is 11.8. The van der Waals surface area contributed by atoms with Gasteiger partial charge in [-0.05, 0) is 50.6 Å². The molecule has 2 N–H and O–H groups in total. The molecule has 1 saturated carbocycles. The average molecular weight is 242 g/mol. The van der Waals surface area contributed by atoms with E-state index in [9.17, 15) is 0 Å². The van der Waals surface area contributed by atoms with E-state index in [0.29, 0.717) is 5.92 Å². The highest BCUT2D eigenvalue weighted by Gasteiger charge is 2.28. The van der Waals surface area contributed by atoms with Crippen molar-refractivity contribution in [2.75, 3.05) is 33.4 Å². The molecule has 1 fully saturated rings. The summed E-state index contributed by atoms with van der Waals surface area (Å²) < 4.78 is 5.18. The molecule has 0 heterocycles. The van der Waals surface area contributed by atoms with Crippen LogP contribution in [0.4, 0.5) is 0 Å². The van der Waals surface area contributed by atoms with E-state index in [-0.39, 0.29) is 0 Å². The molecule has 1 aliphatic carbocycles. The Bertz CT molecular complexity index is 193. The highest BCUT2D eigenvalue weighted by molar-refractivity contribution is 4.84. The third-order valence-corrected chi connectivity index (χ3v) is 3.61. The van der Waals surface area contributed by atoms with Crippen molar-refractivity contribution in [3.8, 4) is 0 Å². The Balaban J connectivity index is 2.23. The summed E-state index contributed by atoms with van der Waals surface area (Å²) in [4.78, 5) is 2.59. The van der Waals surface area contributed by atoms with E-state index in [2.05, 4.69) is 18.7 Å². The summed E-state index contributed by atoms with van der Waals surface area (Å²) in [5.74, 6) is 1.45. The quantitative estimate of drug-likeness (QED) is 0.637. The monoisotopic (exact) mass is 242 g/mol. The van der Waals surface area contributed by atoms with Gasteiger partial charge in [0.25, 0.3) is 0 Å². The van der Waals surface area contributed by atoms with Gasteiger partial charge in [-0.15, -0.1) is 0 Å². The summed E-state index contributed by atoms with van der Waals surface area (Å²) in [6, 6.07) is 0.836. The standard InChI is InChI=1S/C14H30N2O/c1-12(2)10-13(11-15)6-7-16(8-9-17-3)14-4-5-14/h12-14H,4-11,15H2,1-3H3. The van der Waals surface area contributed by atoms with Crippen LogP contribution in [0.2, 0.25) is 0 Å². The Kier molecular flexibility index (Phi) is 7.09. The maximum atomic E-state index is 5.86. The molecular weight excluding hydrogens is 212 g/mol. The SMILES string of the molecule is COCCN(CCC(CN)CC(C)C)C1CC1. The van der Waals surface area contributed by atoms with Gasteiger partial charge in [-0.2, -0.15) is 0 Å². The Morgan fingerprint density at radius 3 is 2.47 bits per heavy atom. The summed E-state index contributed by atoms with van der Waals surface area (Å²) in [6.07, 6.45) is 5.26. The number of hydrogen-bond donors (Lipinski definition) is 1. The summed E-state index contributed by atoms with van der Waals surface area (Å²) in [5, 5.41) is 0. The molecule has 3 nitrogen and oxygen atoms in total. The lowest BCUT2D eigenvalue weighted by Gasteiger charge is -2.25. The summed E-state index contributed by atoms with van der Waals surface area (Å²) in [7, 11) is 1.78. The van der Waals surface area contributed by atoms with Gasteiger partial charge in [0, 0.05) is 19.7 Å². The first-order valence-corrected chi connectivity index (χ1v) is 7.10. The molecule has 0 radical (unpaired) electrons. The number of ether oxygens (including phenoxy) is 1. The molecule has 1 unspecified atom stereocenters. The normalized spacial score (nSPS) is 18.0. The fourth-order valence-electron chi connectivity index (χ4n) is 2.47. The van der Waals surface area contributed by atoms with Crippen molar-refractivity contribution < 1.29 is 4.74 Å². The molecule has 1 atom stereocenters. The molecule has 0 aromatic heterocycles. The second-order valence-electron chi connectivity index (χ2n) is 5.78. The smallest absolute Gasteiger partial charge is 0.0589 e. The van der Waals surface area contributed by atoms with Crippen molar-refractivity contribution in [1.29, 1.82) is 0 Å². The van der Waals surface area contributed by atoms with Crippen LogP contribution in [0.3, 0.4) is 0 Å². The van der Waals surface area contributed by atoms with Crippen LogP contribution in [0.15, 0.2) is 0 Å². The Morgan fingerprint density at radius 1 is 1.29 bits per heavy atom. The van der Waals surface area contributed by atoms with Crippen molar-refractivity contribution in [1.82, 2.24) is 4.90 Å². The van der Waals surface area contributed by atoms with Gasteiger partial charge in [-0.1, -0.05) is 13.8 Å². The van der Waals surface area contributed by atoms with Crippen molar-refractivity contribution in [2.24, 2.45) is 17.6 Å². The zero-order chi connectivity index (χ0) is 12.7. The van der Waals surface area contributed by atoms with Crippen LogP contribution in [-0.4, -0.2) is 44.3 Å². The fraction of sp³-hybridized carbons (Fsp3) is 1.00. The lowest BCUT2D eigenvalue weighted by atomic mass is 9.94. The Labute approximate surface area is 107 Å². The first kappa shape index (κ1) is 14.9. The lowest BCUT2D eigenvalue weighted by Crippen LogP contribution is -2.32. The van der Waals surface area contributed by atoms with Crippen molar-refractivity contribution >= 4 is 0 Å². The van der Waals surface area contributed by atoms with Crippen molar-refractivity contribution in [3.05, 3.63) is 0 Å². The summed E-state index contributed by atoms with van der Waals surface area (Å²) >= 11 is 0. The molecule has 0 amide bonds. The molecule has 0 bridgehead atoms. The number of nitrogens with two attached hydrogens (primary N) is 1. The molecule has 102 valence electrons. The van der Waals surface area contributed by atoms with E-state index in [1.807, 2.05) is 0 Å². The summed E-state index contributed by atoms with van der Waals surface area (Å²) in [5.41, 5.74) is 5.86. The minimum absolute atomic E-state index is 0.693. The molecule has 0 aromatic rings. The van der Waals surface area contributed by atoms with E-state index in [1.54, 1.807) is 7.11 Å². The van der Waals surface area contributed by atoms with Crippen LogP contribution in [0.5, 0.6) is 0 Å². The minimum atomic E-state index is 0.693. The zero-order valence-electron chi connectivity index (χ0n) is 11.8. The van der Waals surface area contributed by atoms with Gasteiger partial charge in [-0.3, -0.25) is 4.90 Å². The van der Waals surface area contributed by atoms with Crippen LogP contribution in [0, 0.1) is 11.8 Å². The van der Waals surface area contributed by atoms with Gasteiger partial charge < -0.3 is 10.5 Å². The van der Waals surface area contributed by atoms with Gasteiger partial charge in [0.15, 0.2) is 0 Å². The molecule has 3 heteroatoms. The average Bonchev–Trinajstić information content (AvgIpc) is 3.11. The molecule has 0 spiro atoms. The number of nitrogens with zero attached hydrogens (tertiary/aromatic N) is 1. The lowest BCUT2D eigenvalue weighted by molar-refractivity contribution is 0.138. The Morgan fingerprint density at radius 2 is 2.00 bits per heavy atom. The van der Waals surface area contributed by atoms with Gasteiger partial charge >= 0.3 is 0 Å². The molecule has 0 saturated heterocycles. The molecule has 1 rings (SSSR count). The molecule has 0 aliphatic heterocycles. The minimum Gasteiger partial charge on any atom is -0.383 e. The predicted molar refractivity (Wildman–Crippen MR) is 73.1 cm³/mol. The van der Waals surface area contributed by atoms with E-state index in [1.165, 1.54) is 32.2 Å². The largest absolute Gasteiger partial charge is 0.383 e. The third kappa shape index (κ3) is 6.39. The Hall–Kier alpha value is -0.120. The fourth-order valence-corrected chi connectivity index (χ4v) is 2.47. The molecule has 1 aliphatic rings. The topological polar surface area (TPSA) is 38.5 Å². The predicted octanol–water partition coefficient (Wildman–Crippen LogP) is 2.11. The van der Waals surface area contributed by atoms with Crippen molar-refractivity contribution in [3.63, 3.8) is 0 Å². The van der Waals surface area contributed by atoms with E-state index < -0.39 is 0 Å². The van der Waals surface area contributed by atoms with Crippen molar-refractivity contribution in [2.45, 2.75) is 45.6 Å². The first-order chi connectivity index (χ1) is 8.17. The third-order valence-electron chi connectivity index (χ3n) is 3.61. The van der Waals surface area contributed by atoms with Gasteiger partial charge in [0.2, 0.25) is 0 Å². The number of hydrogen-bond acceptors (Lipinski definition) is 3. The van der Waals surface area contributed by atoms with Gasteiger partial charge in [-0.25, -0.2) is 0 Å². The van der Waals surface area contributed by atoms with Crippen LogP contribution in [-0.2, 0) is 4.74 Å². The van der Waals surface area contributed by atoms with Crippen LogP contribution < -0.4 is 5.73 Å².